The second-order valence-corrected chi connectivity index (χ2v) is 8.66. The highest BCUT2D eigenvalue weighted by Gasteiger charge is 2.33. The first-order valence-corrected chi connectivity index (χ1v) is 9.20. The standard InChI is InChI=1S/C13H8Cl2N2O4S2/c1-17-12(18)7-3-2-6(4-8(7)13(17)19)16-23(20,21)9-5-10(14)22-11(9)15/h2-5,16H,1H3. The quantitative estimate of drug-likeness (QED) is 0.816. The lowest BCUT2D eigenvalue weighted by Crippen LogP contribution is -2.24. The number of halogens is 2. The molecule has 0 saturated carbocycles. The van der Waals surface area contributed by atoms with E-state index in [1.807, 2.05) is 0 Å². The molecule has 1 N–H and O–H groups in total. The molecule has 0 bridgehead atoms. The first-order chi connectivity index (χ1) is 10.7. The number of hydrogen-bond donors (Lipinski definition) is 1. The van der Waals surface area contributed by atoms with Crippen LogP contribution in [0.15, 0.2) is 29.2 Å². The zero-order valence-corrected chi connectivity index (χ0v) is 14.6. The Bertz CT molecular complexity index is 953. The van der Waals surface area contributed by atoms with E-state index in [1.54, 1.807) is 0 Å². The van der Waals surface area contributed by atoms with Crippen LogP contribution in [0.25, 0.3) is 0 Å². The fraction of sp³-hybridized carbons (Fsp3) is 0.0769. The van der Waals surface area contributed by atoms with Crippen molar-refractivity contribution in [3.05, 3.63) is 44.1 Å². The van der Waals surface area contributed by atoms with Crippen molar-refractivity contribution < 1.29 is 18.0 Å². The van der Waals surface area contributed by atoms with Crippen LogP contribution in [0, 0.1) is 0 Å². The Labute approximate surface area is 145 Å². The SMILES string of the molecule is CN1C(=O)c2ccc(NS(=O)(=O)c3cc(Cl)sc3Cl)cc2C1=O. The lowest BCUT2D eigenvalue weighted by atomic mass is 10.1. The molecule has 1 aromatic carbocycles. The van der Waals surface area contributed by atoms with E-state index in [0.717, 1.165) is 16.2 Å². The number of nitrogens with zero attached hydrogens (tertiary/aromatic N) is 1. The van der Waals surface area contributed by atoms with Gasteiger partial charge in [-0.05, 0) is 24.3 Å². The molecule has 0 radical (unpaired) electrons. The maximum absolute atomic E-state index is 12.3. The summed E-state index contributed by atoms with van der Waals surface area (Å²) in [5.74, 6) is -0.908. The largest absolute Gasteiger partial charge is 0.280 e. The normalized spacial score (nSPS) is 14.3. The molecule has 10 heteroatoms. The van der Waals surface area contributed by atoms with E-state index >= 15 is 0 Å². The fourth-order valence-corrected chi connectivity index (χ4v) is 5.34. The summed E-state index contributed by atoms with van der Waals surface area (Å²) in [5.41, 5.74) is 0.530. The average Bonchev–Trinajstić information content (AvgIpc) is 2.92. The third-order valence-corrected chi connectivity index (χ3v) is 6.39. The number of carbonyl (C=O) groups excluding carboxylic acids is 2. The minimum atomic E-state index is -3.95. The van der Waals surface area contributed by atoms with E-state index in [-0.39, 0.29) is 30.4 Å². The summed E-state index contributed by atoms with van der Waals surface area (Å²) in [6, 6.07) is 5.37. The Balaban J connectivity index is 1.98. The van der Waals surface area contributed by atoms with Gasteiger partial charge in [-0.25, -0.2) is 8.42 Å². The molecule has 2 amide bonds. The van der Waals surface area contributed by atoms with Crippen LogP contribution in [-0.4, -0.2) is 32.2 Å². The second-order valence-electron chi connectivity index (χ2n) is 4.72. The van der Waals surface area contributed by atoms with E-state index in [1.165, 1.54) is 31.3 Å². The maximum Gasteiger partial charge on any atom is 0.264 e. The second kappa shape index (κ2) is 5.48. The molecule has 1 aromatic heterocycles. The highest BCUT2D eigenvalue weighted by molar-refractivity contribution is 7.93. The number of sulfonamides is 1. The summed E-state index contributed by atoms with van der Waals surface area (Å²) >= 11 is 12.6. The molecule has 0 fully saturated rings. The third kappa shape index (κ3) is 2.72. The van der Waals surface area contributed by atoms with Crippen LogP contribution in [-0.2, 0) is 10.0 Å². The molecule has 0 saturated heterocycles. The highest BCUT2D eigenvalue weighted by atomic mass is 35.5. The minimum Gasteiger partial charge on any atom is -0.280 e. The number of nitrogens with one attached hydrogen (secondary N) is 1. The van der Waals surface area contributed by atoms with Crippen LogP contribution in [0.3, 0.4) is 0 Å². The number of hydrogen-bond acceptors (Lipinski definition) is 5. The Morgan fingerprint density at radius 3 is 2.35 bits per heavy atom. The van der Waals surface area contributed by atoms with Gasteiger partial charge in [-0.1, -0.05) is 23.2 Å². The summed E-state index contributed by atoms with van der Waals surface area (Å²) in [6.07, 6.45) is 0. The van der Waals surface area contributed by atoms with Crippen molar-refractivity contribution in [3.8, 4) is 0 Å². The van der Waals surface area contributed by atoms with Crippen LogP contribution in [0.5, 0.6) is 0 Å². The number of amides is 2. The van der Waals surface area contributed by atoms with E-state index in [0.29, 0.717) is 0 Å². The van der Waals surface area contributed by atoms with Gasteiger partial charge in [0.05, 0.1) is 15.5 Å². The monoisotopic (exact) mass is 390 g/mol. The first kappa shape index (κ1) is 16.3. The predicted molar refractivity (Wildman–Crippen MR) is 88.0 cm³/mol. The third-order valence-electron chi connectivity index (χ3n) is 3.26. The molecule has 3 rings (SSSR count). The lowest BCUT2D eigenvalue weighted by molar-refractivity contribution is 0.0693. The zero-order chi connectivity index (χ0) is 16.9. The number of benzene rings is 1. The number of imide groups is 1. The van der Waals surface area contributed by atoms with Gasteiger partial charge >= 0.3 is 0 Å². The Morgan fingerprint density at radius 1 is 1.09 bits per heavy atom. The van der Waals surface area contributed by atoms with Crippen molar-refractivity contribution in [2.24, 2.45) is 0 Å². The molecule has 2 aromatic rings. The first-order valence-electron chi connectivity index (χ1n) is 6.15. The molecular formula is C13H8Cl2N2O4S2. The van der Waals surface area contributed by atoms with Crippen molar-refractivity contribution in [1.29, 1.82) is 0 Å². The van der Waals surface area contributed by atoms with Gasteiger partial charge < -0.3 is 0 Å². The van der Waals surface area contributed by atoms with E-state index < -0.39 is 21.8 Å². The van der Waals surface area contributed by atoms with E-state index in [2.05, 4.69) is 4.72 Å². The summed E-state index contributed by atoms with van der Waals surface area (Å²) in [5, 5.41) is 0. The molecule has 6 nitrogen and oxygen atoms in total. The molecule has 120 valence electrons. The van der Waals surface area contributed by atoms with Gasteiger partial charge in [0, 0.05) is 12.7 Å². The van der Waals surface area contributed by atoms with Gasteiger partial charge in [-0.3, -0.25) is 19.2 Å². The van der Waals surface area contributed by atoms with Crippen molar-refractivity contribution in [3.63, 3.8) is 0 Å². The van der Waals surface area contributed by atoms with Gasteiger partial charge in [-0.15, -0.1) is 11.3 Å². The summed E-state index contributed by atoms with van der Waals surface area (Å²) < 4.78 is 27.3. The molecule has 0 unspecified atom stereocenters. The molecule has 1 aliphatic heterocycles. The van der Waals surface area contributed by atoms with Crippen LogP contribution < -0.4 is 4.72 Å². The molecule has 0 aliphatic carbocycles. The number of rotatable bonds is 3. The lowest BCUT2D eigenvalue weighted by Gasteiger charge is -2.08. The van der Waals surface area contributed by atoms with Crippen molar-refractivity contribution in [2.75, 3.05) is 11.8 Å². The van der Waals surface area contributed by atoms with Crippen LogP contribution in [0.4, 0.5) is 5.69 Å². The topological polar surface area (TPSA) is 83.6 Å². The average molecular weight is 391 g/mol. The van der Waals surface area contributed by atoms with Crippen LogP contribution in [0.1, 0.15) is 20.7 Å². The van der Waals surface area contributed by atoms with Crippen molar-refractivity contribution in [2.45, 2.75) is 4.90 Å². The Kier molecular flexibility index (Phi) is 3.88. The van der Waals surface area contributed by atoms with Crippen LogP contribution in [0.2, 0.25) is 8.67 Å². The Morgan fingerprint density at radius 2 is 1.74 bits per heavy atom. The molecule has 2 heterocycles. The summed E-state index contributed by atoms with van der Waals surface area (Å²) in [4.78, 5) is 24.6. The number of fused-ring (bicyclic) bond motifs is 1. The predicted octanol–water partition coefficient (Wildman–Crippen LogP) is 3.08. The van der Waals surface area contributed by atoms with E-state index in [4.69, 9.17) is 23.2 Å². The molecule has 0 spiro atoms. The summed E-state index contributed by atoms with van der Waals surface area (Å²) in [7, 11) is -2.59. The van der Waals surface area contributed by atoms with E-state index in [9.17, 15) is 18.0 Å². The van der Waals surface area contributed by atoms with Gasteiger partial charge in [0.2, 0.25) is 0 Å². The zero-order valence-electron chi connectivity index (χ0n) is 11.5. The number of thiophene rings is 1. The summed E-state index contributed by atoms with van der Waals surface area (Å²) in [6.45, 7) is 0. The highest BCUT2D eigenvalue weighted by Crippen LogP contribution is 2.35. The van der Waals surface area contributed by atoms with Crippen LogP contribution >= 0.6 is 34.5 Å². The van der Waals surface area contributed by atoms with Gasteiger partial charge in [0.25, 0.3) is 21.8 Å². The van der Waals surface area contributed by atoms with Gasteiger partial charge in [0.1, 0.15) is 9.23 Å². The van der Waals surface area contributed by atoms with Gasteiger partial charge in [-0.2, -0.15) is 0 Å². The van der Waals surface area contributed by atoms with Gasteiger partial charge in [0.15, 0.2) is 0 Å². The maximum atomic E-state index is 12.3. The van der Waals surface area contributed by atoms with Crippen molar-refractivity contribution >= 4 is 62.1 Å². The fourth-order valence-electron chi connectivity index (χ4n) is 2.14. The molecule has 23 heavy (non-hydrogen) atoms. The smallest absolute Gasteiger partial charge is 0.264 e. The minimum absolute atomic E-state index is 0.0367. The molecule has 0 atom stereocenters. The molecule has 1 aliphatic rings. The molecular weight excluding hydrogens is 383 g/mol. The Hall–Kier alpha value is -1.61. The van der Waals surface area contributed by atoms with Crippen molar-refractivity contribution in [1.82, 2.24) is 4.90 Å². The number of carbonyl (C=O) groups is 2. The number of anilines is 1.